The molecular weight excluding hydrogens is 310 g/mol. The predicted molar refractivity (Wildman–Crippen MR) is 79.9 cm³/mol. The number of halogens is 1. The van der Waals surface area contributed by atoms with E-state index in [1.165, 1.54) is 0 Å². The molecule has 1 unspecified atom stereocenters. The fourth-order valence-electron chi connectivity index (χ4n) is 1.81. The summed E-state index contributed by atoms with van der Waals surface area (Å²) in [7, 11) is 0. The highest BCUT2D eigenvalue weighted by Gasteiger charge is 2.18. The Bertz CT molecular complexity index is 524. The zero-order valence-corrected chi connectivity index (χ0v) is 12.8. The molecule has 1 aromatic heterocycles. The van der Waals surface area contributed by atoms with Gasteiger partial charge < -0.3 is 5.11 Å². The summed E-state index contributed by atoms with van der Waals surface area (Å²) in [5.41, 5.74) is 2.09. The molecule has 0 radical (unpaired) electrons. The molecule has 0 bridgehead atoms. The number of aliphatic hydroxyl groups is 1. The van der Waals surface area contributed by atoms with Crippen LogP contribution in [0.4, 0.5) is 0 Å². The first-order valence-electron chi connectivity index (χ1n) is 5.94. The molecule has 0 aliphatic rings. The smallest absolute Gasteiger partial charge is 0.0989 e. The van der Waals surface area contributed by atoms with Crippen molar-refractivity contribution in [2.45, 2.75) is 19.8 Å². The Kier molecular flexibility index (Phi) is 4.54. The van der Waals surface area contributed by atoms with Gasteiger partial charge in [0, 0.05) is 21.3 Å². The molecule has 0 saturated heterocycles. The van der Waals surface area contributed by atoms with Crippen LogP contribution in [0.1, 0.15) is 24.8 Å². The van der Waals surface area contributed by atoms with Crippen molar-refractivity contribution in [1.82, 2.24) is 4.98 Å². The van der Waals surface area contributed by atoms with E-state index in [-0.39, 0.29) is 12.5 Å². The summed E-state index contributed by atoms with van der Waals surface area (Å²) in [6, 6.07) is 8.11. The maximum absolute atomic E-state index is 9.43. The van der Waals surface area contributed by atoms with Gasteiger partial charge >= 0.3 is 0 Å². The molecule has 2 rings (SSSR count). The average Bonchev–Trinajstić information content (AvgIpc) is 2.79. The van der Waals surface area contributed by atoms with Crippen molar-refractivity contribution in [2.75, 3.05) is 6.61 Å². The quantitative estimate of drug-likeness (QED) is 0.908. The van der Waals surface area contributed by atoms with Crippen LogP contribution in [0.15, 0.2) is 34.1 Å². The maximum atomic E-state index is 9.43. The van der Waals surface area contributed by atoms with Crippen LogP contribution in [-0.2, 0) is 0 Å². The third-order valence-corrected chi connectivity index (χ3v) is 4.43. The average molecular weight is 326 g/mol. The molecule has 0 fully saturated rings. The van der Waals surface area contributed by atoms with Gasteiger partial charge in [-0.1, -0.05) is 41.9 Å². The molecule has 2 nitrogen and oxygen atoms in total. The van der Waals surface area contributed by atoms with Crippen LogP contribution in [0.5, 0.6) is 0 Å². The summed E-state index contributed by atoms with van der Waals surface area (Å²) in [6.07, 6.45) is 0. The van der Waals surface area contributed by atoms with Gasteiger partial charge in [0.25, 0.3) is 0 Å². The molecule has 1 atom stereocenters. The summed E-state index contributed by atoms with van der Waals surface area (Å²) in [5.74, 6) is 0.535. The third-order valence-electron chi connectivity index (χ3n) is 2.96. The van der Waals surface area contributed by atoms with E-state index < -0.39 is 0 Å². The second-order valence-corrected chi connectivity index (χ2v) is 6.42. The minimum Gasteiger partial charge on any atom is -0.396 e. The fourth-order valence-corrected chi connectivity index (χ4v) is 3.31. The van der Waals surface area contributed by atoms with Crippen molar-refractivity contribution in [3.63, 3.8) is 0 Å². The van der Waals surface area contributed by atoms with Crippen LogP contribution >= 0.6 is 27.3 Å². The molecule has 0 aliphatic carbocycles. The number of rotatable bonds is 4. The van der Waals surface area contributed by atoms with Crippen LogP contribution in [0.2, 0.25) is 0 Å². The van der Waals surface area contributed by atoms with E-state index in [1.807, 2.05) is 18.2 Å². The van der Waals surface area contributed by atoms with Gasteiger partial charge in [0.15, 0.2) is 0 Å². The van der Waals surface area contributed by atoms with Gasteiger partial charge in [0.1, 0.15) is 0 Å². The van der Waals surface area contributed by atoms with Gasteiger partial charge in [-0.25, -0.2) is 4.98 Å². The van der Waals surface area contributed by atoms with Gasteiger partial charge in [0.2, 0.25) is 0 Å². The Morgan fingerprint density at radius 3 is 2.78 bits per heavy atom. The van der Waals surface area contributed by atoms with Crippen molar-refractivity contribution < 1.29 is 5.11 Å². The topological polar surface area (TPSA) is 33.1 Å². The summed E-state index contributed by atoms with van der Waals surface area (Å²) in [5, 5.41) is 12.5. The summed E-state index contributed by atoms with van der Waals surface area (Å²) < 4.78 is 1.05. The van der Waals surface area contributed by atoms with Crippen molar-refractivity contribution in [1.29, 1.82) is 0 Å². The number of aliphatic hydroxyl groups excluding tert-OH is 1. The van der Waals surface area contributed by atoms with Crippen LogP contribution in [0.25, 0.3) is 11.3 Å². The lowest BCUT2D eigenvalue weighted by atomic mass is 9.98. The lowest BCUT2D eigenvalue weighted by molar-refractivity contribution is 0.237. The Morgan fingerprint density at radius 2 is 2.17 bits per heavy atom. The van der Waals surface area contributed by atoms with E-state index in [9.17, 15) is 5.11 Å². The normalized spacial score (nSPS) is 12.9. The lowest BCUT2D eigenvalue weighted by Crippen LogP contribution is -2.10. The van der Waals surface area contributed by atoms with Crippen molar-refractivity contribution in [3.05, 3.63) is 39.1 Å². The zero-order valence-electron chi connectivity index (χ0n) is 10.4. The van der Waals surface area contributed by atoms with Crippen LogP contribution in [0, 0.1) is 5.92 Å². The van der Waals surface area contributed by atoms with E-state index >= 15 is 0 Å². The molecular formula is C14H16BrNOS. The molecule has 1 aromatic carbocycles. The summed E-state index contributed by atoms with van der Waals surface area (Å²) in [4.78, 5) is 4.65. The Labute approximate surface area is 120 Å². The molecule has 0 amide bonds. The molecule has 2 aromatic rings. The second kappa shape index (κ2) is 5.95. The van der Waals surface area contributed by atoms with E-state index in [0.29, 0.717) is 5.92 Å². The molecule has 1 N–H and O–H groups in total. The van der Waals surface area contributed by atoms with Gasteiger partial charge in [-0.3, -0.25) is 0 Å². The monoisotopic (exact) mass is 325 g/mol. The van der Waals surface area contributed by atoms with Crippen LogP contribution in [-0.4, -0.2) is 16.7 Å². The Balaban J connectivity index is 2.30. The molecule has 18 heavy (non-hydrogen) atoms. The highest BCUT2D eigenvalue weighted by atomic mass is 79.9. The third kappa shape index (κ3) is 2.99. The highest BCUT2D eigenvalue weighted by molar-refractivity contribution is 9.10. The van der Waals surface area contributed by atoms with E-state index in [1.54, 1.807) is 11.3 Å². The molecule has 0 spiro atoms. The number of hydrogen-bond donors (Lipinski definition) is 1. The Morgan fingerprint density at radius 1 is 1.39 bits per heavy atom. The van der Waals surface area contributed by atoms with E-state index in [4.69, 9.17) is 0 Å². The minimum atomic E-state index is 0.135. The van der Waals surface area contributed by atoms with Crippen molar-refractivity contribution in [3.8, 4) is 11.3 Å². The van der Waals surface area contributed by atoms with Gasteiger partial charge in [-0.15, -0.1) is 11.3 Å². The van der Waals surface area contributed by atoms with Gasteiger partial charge in [-0.05, 0) is 18.1 Å². The van der Waals surface area contributed by atoms with E-state index in [0.717, 1.165) is 20.7 Å². The summed E-state index contributed by atoms with van der Waals surface area (Å²) >= 11 is 5.09. The standard InChI is InChI=1S/C14H16BrNOS/c1-9(2)12(7-17)14-16-13(8-18-14)10-4-3-5-11(15)6-10/h3-6,8-9,12,17H,7H2,1-2H3. The first kappa shape index (κ1) is 13.7. The van der Waals surface area contributed by atoms with Crippen molar-refractivity contribution >= 4 is 27.3 Å². The molecule has 96 valence electrons. The first-order chi connectivity index (χ1) is 8.61. The summed E-state index contributed by atoms with van der Waals surface area (Å²) in [6.45, 7) is 4.38. The van der Waals surface area contributed by atoms with Gasteiger partial charge in [-0.2, -0.15) is 0 Å². The van der Waals surface area contributed by atoms with Crippen molar-refractivity contribution in [2.24, 2.45) is 5.92 Å². The van der Waals surface area contributed by atoms with Gasteiger partial charge in [0.05, 0.1) is 17.3 Å². The molecule has 1 heterocycles. The number of hydrogen-bond acceptors (Lipinski definition) is 3. The molecule has 4 heteroatoms. The largest absolute Gasteiger partial charge is 0.396 e. The van der Waals surface area contributed by atoms with Crippen LogP contribution in [0.3, 0.4) is 0 Å². The maximum Gasteiger partial charge on any atom is 0.0989 e. The van der Waals surface area contributed by atoms with Crippen LogP contribution < -0.4 is 0 Å². The number of thiazole rings is 1. The molecule has 0 aliphatic heterocycles. The fraction of sp³-hybridized carbons (Fsp3) is 0.357. The number of nitrogens with zero attached hydrogens (tertiary/aromatic N) is 1. The minimum absolute atomic E-state index is 0.135. The zero-order chi connectivity index (χ0) is 13.1. The first-order valence-corrected chi connectivity index (χ1v) is 7.61. The second-order valence-electron chi connectivity index (χ2n) is 4.61. The van der Waals surface area contributed by atoms with E-state index in [2.05, 4.69) is 46.2 Å². The SMILES string of the molecule is CC(C)C(CO)c1nc(-c2cccc(Br)c2)cs1. The lowest BCUT2D eigenvalue weighted by Gasteiger charge is -2.14. The molecule has 0 saturated carbocycles. The number of aromatic nitrogens is 1. The number of benzene rings is 1. The predicted octanol–water partition coefficient (Wildman–Crippen LogP) is 4.30. The Hall–Kier alpha value is -0.710. The highest BCUT2D eigenvalue weighted by Crippen LogP contribution is 2.31.